The minimum Gasteiger partial charge on any atom is -0.321 e. The molecule has 2 heterocycles. The summed E-state index contributed by atoms with van der Waals surface area (Å²) < 4.78 is 1.18. The molecule has 4 aromatic rings. The predicted octanol–water partition coefficient (Wildman–Crippen LogP) is 4.56. The number of anilines is 1. The van der Waals surface area contributed by atoms with Crippen LogP contribution in [0.5, 0.6) is 0 Å². The van der Waals surface area contributed by atoms with Crippen molar-refractivity contribution in [1.82, 2.24) is 15.2 Å². The first-order valence-electron chi connectivity index (χ1n) is 7.89. The Hall–Kier alpha value is -2.99. The number of thiazole rings is 1. The van der Waals surface area contributed by atoms with Gasteiger partial charge in [0.05, 0.1) is 10.2 Å². The SMILES string of the molecule is Cc1ccc2nc(-c3ccc(NC(=O)c4cc(C)[nH]n4)cc3)sc2c1. The third kappa shape index (κ3) is 3.16. The molecular formula is C19H16N4OS. The van der Waals surface area contributed by atoms with Gasteiger partial charge in [0.2, 0.25) is 0 Å². The van der Waals surface area contributed by atoms with Crippen LogP contribution in [0.3, 0.4) is 0 Å². The summed E-state index contributed by atoms with van der Waals surface area (Å²) in [5.74, 6) is -0.229. The fraction of sp³-hybridized carbons (Fsp3) is 0.105. The summed E-state index contributed by atoms with van der Waals surface area (Å²) in [5, 5.41) is 10.5. The minimum absolute atomic E-state index is 0.229. The van der Waals surface area contributed by atoms with Crippen LogP contribution in [0.2, 0.25) is 0 Å². The Morgan fingerprint density at radius 1 is 1.08 bits per heavy atom. The lowest BCUT2D eigenvalue weighted by atomic mass is 10.2. The largest absolute Gasteiger partial charge is 0.321 e. The number of aryl methyl sites for hydroxylation is 2. The Balaban J connectivity index is 1.55. The summed E-state index contributed by atoms with van der Waals surface area (Å²) >= 11 is 1.67. The molecule has 1 amide bonds. The van der Waals surface area contributed by atoms with Crippen LogP contribution in [0, 0.1) is 13.8 Å². The van der Waals surface area contributed by atoms with Crippen molar-refractivity contribution in [2.45, 2.75) is 13.8 Å². The van der Waals surface area contributed by atoms with E-state index in [1.807, 2.05) is 37.3 Å². The molecule has 124 valence electrons. The Morgan fingerprint density at radius 3 is 2.60 bits per heavy atom. The maximum Gasteiger partial charge on any atom is 0.276 e. The molecule has 0 atom stereocenters. The number of carbonyl (C=O) groups excluding carboxylic acids is 1. The van der Waals surface area contributed by atoms with E-state index in [4.69, 9.17) is 0 Å². The lowest BCUT2D eigenvalue weighted by Crippen LogP contribution is -2.12. The zero-order chi connectivity index (χ0) is 17.4. The molecule has 2 aromatic carbocycles. The molecule has 0 aliphatic heterocycles. The number of nitrogens with zero attached hydrogens (tertiary/aromatic N) is 2. The van der Waals surface area contributed by atoms with Crippen LogP contribution in [-0.2, 0) is 0 Å². The number of hydrogen-bond acceptors (Lipinski definition) is 4. The van der Waals surface area contributed by atoms with E-state index >= 15 is 0 Å². The predicted molar refractivity (Wildman–Crippen MR) is 101 cm³/mol. The Morgan fingerprint density at radius 2 is 1.88 bits per heavy atom. The topological polar surface area (TPSA) is 70.7 Å². The highest BCUT2D eigenvalue weighted by Crippen LogP contribution is 2.31. The van der Waals surface area contributed by atoms with Crippen molar-refractivity contribution in [2.24, 2.45) is 0 Å². The summed E-state index contributed by atoms with van der Waals surface area (Å²) in [7, 11) is 0. The van der Waals surface area contributed by atoms with Crippen LogP contribution in [0.15, 0.2) is 48.5 Å². The average Bonchev–Trinajstić information content (AvgIpc) is 3.21. The minimum atomic E-state index is -0.229. The van der Waals surface area contributed by atoms with E-state index in [2.05, 4.69) is 39.6 Å². The summed E-state index contributed by atoms with van der Waals surface area (Å²) in [4.78, 5) is 16.8. The van der Waals surface area contributed by atoms with Gasteiger partial charge in [-0.3, -0.25) is 9.89 Å². The molecular weight excluding hydrogens is 332 g/mol. The van der Waals surface area contributed by atoms with Crippen LogP contribution in [0.1, 0.15) is 21.7 Å². The molecule has 25 heavy (non-hydrogen) atoms. The van der Waals surface area contributed by atoms with Gasteiger partial charge in [-0.05, 0) is 61.9 Å². The van der Waals surface area contributed by atoms with Crippen molar-refractivity contribution < 1.29 is 4.79 Å². The van der Waals surface area contributed by atoms with Crippen LogP contribution in [-0.4, -0.2) is 21.1 Å². The highest BCUT2D eigenvalue weighted by molar-refractivity contribution is 7.21. The Kier molecular flexibility index (Phi) is 3.82. The summed E-state index contributed by atoms with van der Waals surface area (Å²) in [6, 6.07) is 15.7. The number of fused-ring (bicyclic) bond motifs is 1. The Bertz CT molecular complexity index is 1060. The van der Waals surface area contributed by atoms with Crippen molar-refractivity contribution in [3.63, 3.8) is 0 Å². The third-order valence-corrected chi connectivity index (χ3v) is 4.94. The zero-order valence-electron chi connectivity index (χ0n) is 13.8. The van der Waals surface area contributed by atoms with Gasteiger partial charge in [0.15, 0.2) is 5.69 Å². The molecule has 6 heteroatoms. The van der Waals surface area contributed by atoms with Crippen LogP contribution < -0.4 is 5.32 Å². The maximum absolute atomic E-state index is 12.1. The molecule has 0 unspecified atom stereocenters. The maximum atomic E-state index is 12.1. The number of carbonyl (C=O) groups is 1. The normalized spacial score (nSPS) is 11.0. The number of rotatable bonds is 3. The molecule has 2 N–H and O–H groups in total. The summed E-state index contributed by atoms with van der Waals surface area (Å²) in [6.45, 7) is 3.94. The van der Waals surface area contributed by atoms with E-state index in [0.717, 1.165) is 27.5 Å². The van der Waals surface area contributed by atoms with Gasteiger partial charge in [-0.1, -0.05) is 6.07 Å². The molecule has 0 aliphatic rings. The third-order valence-electron chi connectivity index (χ3n) is 3.87. The highest BCUT2D eigenvalue weighted by atomic mass is 32.1. The Labute approximate surface area is 148 Å². The van der Waals surface area contributed by atoms with Gasteiger partial charge >= 0.3 is 0 Å². The lowest BCUT2D eigenvalue weighted by Gasteiger charge is -2.03. The van der Waals surface area contributed by atoms with Gasteiger partial charge in [-0.25, -0.2) is 4.98 Å². The number of aromatic amines is 1. The van der Waals surface area contributed by atoms with Crippen LogP contribution in [0.25, 0.3) is 20.8 Å². The molecule has 0 radical (unpaired) electrons. The van der Waals surface area contributed by atoms with E-state index in [9.17, 15) is 4.79 Å². The summed E-state index contributed by atoms with van der Waals surface area (Å²) in [6.07, 6.45) is 0. The van der Waals surface area contributed by atoms with Gasteiger partial charge in [-0.15, -0.1) is 11.3 Å². The van der Waals surface area contributed by atoms with Crippen LogP contribution in [0.4, 0.5) is 5.69 Å². The van der Waals surface area contributed by atoms with E-state index in [-0.39, 0.29) is 5.91 Å². The second kappa shape index (κ2) is 6.14. The van der Waals surface area contributed by atoms with Gasteiger partial charge < -0.3 is 5.32 Å². The molecule has 0 fully saturated rings. The van der Waals surface area contributed by atoms with E-state index in [0.29, 0.717) is 5.69 Å². The number of aromatic nitrogens is 3. The first-order chi connectivity index (χ1) is 12.1. The lowest BCUT2D eigenvalue weighted by molar-refractivity contribution is 0.102. The molecule has 2 aromatic heterocycles. The fourth-order valence-electron chi connectivity index (χ4n) is 2.58. The van der Waals surface area contributed by atoms with Crippen molar-refractivity contribution in [3.05, 3.63) is 65.5 Å². The number of H-pyrrole nitrogens is 1. The van der Waals surface area contributed by atoms with Crippen molar-refractivity contribution in [2.75, 3.05) is 5.32 Å². The van der Waals surface area contributed by atoms with Gasteiger partial charge in [-0.2, -0.15) is 5.10 Å². The second-order valence-electron chi connectivity index (χ2n) is 5.96. The first kappa shape index (κ1) is 15.5. The quantitative estimate of drug-likeness (QED) is 0.570. The fourth-order valence-corrected chi connectivity index (χ4v) is 3.65. The zero-order valence-corrected chi connectivity index (χ0v) is 14.6. The smallest absolute Gasteiger partial charge is 0.276 e. The monoisotopic (exact) mass is 348 g/mol. The second-order valence-corrected chi connectivity index (χ2v) is 6.99. The summed E-state index contributed by atoms with van der Waals surface area (Å²) in [5.41, 5.74) is 5.24. The van der Waals surface area contributed by atoms with Crippen LogP contribution >= 0.6 is 11.3 Å². The van der Waals surface area contributed by atoms with Crippen molar-refractivity contribution in [3.8, 4) is 10.6 Å². The molecule has 0 spiro atoms. The van der Waals surface area contributed by atoms with E-state index in [1.165, 1.54) is 10.3 Å². The molecule has 5 nitrogen and oxygen atoms in total. The van der Waals surface area contributed by atoms with Gasteiger partial charge in [0.25, 0.3) is 5.91 Å². The number of amides is 1. The van der Waals surface area contributed by atoms with E-state index < -0.39 is 0 Å². The van der Waals surface area contributed by atoms with Gasteiger partial charge in [0, 0.05) is 16.9 Å². The molecule has 0 saturated heterocycles. The van der Waals surface area contributed by atoms with Crippen molar-refractivity contribution in [1.29, 1.82) is 0 Å². The number of hydrogen-bond donors (Lipinski definition) is 2. The first-order valence-corrected chi connectivity index (χ1v) is 8.71. The molecule has 0 bridgehead atoms. The molecule has 4 rings (SSSR count). The number of benzene rings is 2. The standard InChI is InChI=1S/C19H16N4OS/c1-11-3-8-15-17(9-11)25-19(21-15)13-4-6-14(7-5-13)20-18(24)16-10-12(2)22-23-16/h3-10H,1-2H3,(H,20,24)(H,22,23). The van der Waals surface area contributed by atoms with Crippen molar-refractivity contribution >= 4 is 33.1 Å². The average molecular weight is 348 g/mol. The molecule has 0 aliphatic carbocycles. The molecule has 0 saturated carbocycles. The highest BCUT2D eigenvalue weighted by Gasteiger charge is 2.10. The van der Waals surface area contributed by atoms with E-state index in [1.54, 1.807) is 17.4 Å². The van der Waals surface area contributed by atoms with Gasteiger partial charge in [0.1, 0.15) is 5.01 Å². The number of nitrogens with one attached hydrogen (secondary N) is 2.